The van der Waals surface area contributed by atoms with Gasteiger partial charge >= 0.3 is 0 Å². The Kier molecular flexibility index (Phi) is 5.21. The van der Waals surface area contributed by atoms with Crippen LogP contribution >= 0.6 is 11.6 Å². The van der Waals surface area contributed by atoms with Gasteiger partial charge in [0, 0.05) is 35.9 Å². The monoisotopic (exact) mass is 435 g/mol. The highest BCUT2D eigenvalue weighted by Gasteiger charge is 2.25. The van der Waals surface area contributed by atoms with Crippen molar-refractivity contribution in [1.29, 1.82) is 0 Å². The molecule has 1 saturated heterocycles. The number of likely N-dealkylation sites (N-methyl/N-ethyl adjacent to an activating group) is 1. The maximum atomic E-state index is 12.4. The van der Waals surface area contributed by atoms with Gasteiger partial charge in [0.25, 0.3) is 5.91 Å². The molecule has 2 aliphatic heterocycles. The fourth-order valence-corrected chi connectivity index (χ4v) is 4.09. The zero-order valence-electron chi connectivity index (χ0n) is 17.1. The number of benzene rings is 1. The highest BCUT2D eigenvalue weighted by Crippen LogP contribution is 2.35. The molecule has 5 rings (SSSR count). The molecular weight excluding hydrogens is 414 g/mol. The van der Waals surface area contributed by atoms with Crippen molar-refractivity contribution in [2.45, 2.75) is 6.42 Å². The smallest absolute Gasteiger partial charge is 0.256 e. The number of hydrogen-bond acceptors (Lipinski definition) is 6. The molecule has 0 unspecified atom stereocenters. The molecule has 0 atom stereocenters. The van der Waals surface area contributed by atoms with Crippen LogP contribution in [-0.2, 0) is 4.79 Å². The predicted octanol–water partition coefficient (Wildman–Crippen LogP) is 4.02. The van der Waals surface area contributed by atoms with Gasteiger partial charge in [-0.05, 0) is 56.4 Å². The molecular formula is C23H22ClN5O2. The molecule has 1 N–H and O–H groups in total. The van der Waals surface area contributed by atoms with Crippen molar-refractivity contribution in [2.75, 3.05) is 43.4 Å². The van der Waals surface area contributed by atoms with Gasteiger partial charge in [-0.1, -0.05) is 11.6 Å². The molecule has 158 valence electrons. The number of amides is 1. The molecule has 7 nitrogen and oxygen atoms in total. The normalized spacial score (nSPS) is 18.2. The molecule has 0 aliphatic carbocycles. The van der Waals surface area contributed by atoms with Gasteiger partial charge in [0.15, 0.2) is 5.76 Å². The Labute approximate surface area is 185 Å². The lowest BCUT2D eigenvalue weighted by Gasteiger charge is -2.21. The first-order chi connectivity index (χ1) is 15.1. The van der Waals surface area contributed by atoms with Crippen LogP contribution in [0.5, 0.6) is 0 Å². The van der Waals surface area contributed by atoms with Gasteiger partial charge in [0.1, 0.15) is 17.3 Å². The Balaban J connectivity index is 1.41. The summed E-state index contributed by atoms with van der Waals surface area (Å²) in [4.78, 5) is 26.1. The molecule has 1 aromatic carbocycles. The van der Waals surface area contributed by atoms with Gasteiger partial charge in [-0.3, -0.25) is 9.78 Å². The number of carbonyl (C=O) groups excluding carboxylic acids is 1. The highest BCUT2D eigenvalue weighted by atomic mass is 35.5. The molecule has 3 aromatic rings. The van der Waals surface area contributed by atoms with E-state index in [4.69, 9.17) is 21.0 Å². The number of fused-ring (bicyclic) bond motifs is 1. The number of anilines is 2. The van der Waals surface area contributed by atoms with Crippen LogP contribution in [0, 0.1) is 0 Å². The topological polar surface area (TPSA) is 74.5 Å². The van der Waals surface area contributed by atoms with Crippen molar-refractivity contribution in [3.05, 3.63) is 59.1 Å². The van der Waals surface area contributed by atoms with Crippen LogP contribution in [-0.4, -0.2) is 54.0 Å². The van der Waals surface area contributed by atoms with Gasteiger partial charge in [-0.15, -0.1) is 0 Å². The third-order valence-corrected chi connectivity index (χ3v) is 5.83. The van der Waals surface area contributed by atoms with Crippen molar-refractivity contribution >= 4 is 40.7 Å². The zero-order valence-corrected chi connectivity index (χ0v) is 17.9. The average Bonchev–Trinajstić information content (AvgIpc) is 3.28. The van der Waals surface area contributed by atoms with Crippen LogP contribution in [0.2, 0.25) is 5.02 Å². The Bertz CT molecular complexity index is 1170. The van der Waals surface area contributed by atoms with Crippen molar-refractivity contribution in [3.63, 3.8) is 0 Å². The van der Waals surface area contributed by atoms with Gasteiger partial charge in [0.05, 0.1) is 18.0 Å². The summed E-state index contributed by atoms with van der Waals surface area (Å²) in [6, 6.07) is 9.00. The average molecular weight is 436 g/mol. The standard InChI is InChI=1S/C23H22ClN5O2/c1-28-7-2-8-29(10-9-28)22-14-25-13-20(26-22)21-6-4-16(31-21)12-18-17-11-15(24)3-5-19(17)27-23(18)30/h3-6,11-14H,2,7-10H2,1H3,(H,27,30)/b18-12+. The Morgan fingerprint density at radius 2 is 2.03 bits per heavy atom. The van der Waals surface area contributed by atoms with Gasteiger partial charge in [-0.25, -0.2) is 4.98 Å². The van der Waals surface area contributed by atoms with E-state index in [9.17, 15) is 4.79 Å². The van der Waals surface area contributed by atoms with Crippen LogP contribution in [0.3, 0.4) is 0 Å². The second kappa shape index (κ2) is 8.17. The lowest BCUT2D eigenvalue weighted by molar-refractivity contribution is -0.110. The third kappa shape index (κ3) is 4.06. The molecule has 0 saturated carbocycles. The van der Waals surface area contributed by atoms with E-state index in [1.165, 1.54) is 0 Å². The molecule has 31 heavy (non-hydrogen) atoms. The summed E-state index contributed by atoms with van der Waals surface area (Å²) >= 11 is 6.11. The van der Waals surface area contributed by atoms with E-state index in [1.807, 2.05) is 12.1 Å². The van der Waals surface area contributed by atoms with E-state index in [0.717, 1.165) is 49.7 Å². The second-order valence-corrected chi connectivity index (χ2v) is 8.25. The number of carbonyl (C=O) groups is 1. The summed E-state index contributed by atoms with van der Waals surface area (Å²) in [6.07, 6.45) is 6.31. The zero-order chi connectivity index (χ0) is 21.4. The Morgan fingerprint density at radius 1 is 1.13 bits per heavy atom. The predicted molar refractivity (Wildman–Crippen MR) is 122 cm³/mol. The molecule has 0 radical (unpaired) electrons. The molecule has 1 amide bonds. The van der Waals surface area contributed by atoms with Crippen molar-refractivity contribution in [2.24, 2.45) is 0 Å². The molecule has 8 heteroatoms. The Morgan fingerprint density at radius 3 is 2.94 bits per heavy atom. The van der Waals surface area contributed by atoms with Gasteiger partial charge in [-0.2, -0.15) is 0 Å². The lowest BCUT2D eigenvalue weighted by Crippen LogP contribution is -2.29. The maximum absolute atomic E-state index is 12.4. The number of furan rings is 1. The van der Waals surface area contributed by atoms with E-state index >= 15 is 0 Å². The van der Waals surface area contributed by atoms with Crippen molar-refractivity contribution < 1.29 is 9.21 Å². The van der Waals surface area contributed by atoms with Crippen molar-refractivity contribution in [1.82, 2.24) is 14.9 Å². The SMILES string of the molecule is CN1CCCN(c2cncc(-c3ccc(/C=C4/C(=O)Nc5ccc(Cl)cc54)o3)n2)CC1. The van der Waals surface area contributed by atoms with Crippen LogP contribution < -0.4 is 10.2 Å². The molecule has 0 bridgehead atoms. The summed E-state index contributed by atoms with van der Waals surface area (Å²) in [5.74, 6) is 1.85. The summed E-state index contributed by atoms with van der Waals surface area (Å²) in [5, 5.41) is 3.42. The fourth-order valence-electron chi connectivity index (χ4n) is 3.92. The van der Waals surface area contributed by atoms with Crippen LogP contribution in [0.15, 0.2) is 47.1 Å². The van der Waals surface area contributed by atoms with E-state index < -0.39 is 0 Å². The number of aromatic nitrogens is 2. The van der Waals surface area contributed by atoms with Crippen LogP contribution in [0.25, 0.3) is 23.1 Å². The first-order valence-corrected chi connectivity index (χ1v) is 10.6. The maximum Gasteiger partial charge on any atom is 0.256 e. The fraction of sp³-hybridized carbons (Fsp3) is 0.261. The van der Waals surface area contributed by atoms with E-state index in [-0.39, 0.29) is 5.91 Å². The summed E-state index contributed by atoms with van der Waals surface area (Å²) < 4.78 is 5.99. The Hall–Kier alpha value is -3.16. The van der Waals surface area contributed by atoms with Crippen LogP contribution in [0.4, 0.5) is 11.5 Å². The minimum Gasteiger partial charge on any atom is -0.455 e. The molecule has 4 heterocycles. The first-order valence-electron chi connectivity index (χ1n) is 10.3. The lowest BCUT2D eigenvalue weighted by atomic mass is 10.1. The van der Waals surface area contributed by atoms with Crippen molar-refractivity contribution in [3.8, 4) is 11.5 Å². The quantitative estimate of drug-likeness (QED) is 0.626. The third-order valence-electron chi connectivity index (χ3n) is 5.60. The minimum atomic E-state index is -0.178. The van der Waals surface area contributed by atoms with E-state index in [2.05, 4.69) is 27.1 Å². The molecule has 0 spiro atoms. The van der Waals surface area contributed by atoms with Crippen LogP contribution in [0.1, 0.15) is 17.7 Å². The number of rotatable bonds is 3. The molecule has 2 aliphatic rings. The number of halogens is 1. The van der Waals surface area contributed by atoms with Gasteiger partial charge in [0.2, 0.25) is 0 Å². The number of nitrogens with zero attached hydrogens (tertiary/aromatic N) is 4. The minimum absolute atomic E-state index is 0.178. The second-order valence-electron chi connectivity index (χ2n) is 7.81. The highest BCUT2D eigenvalue weighted by molar-refractivity contribution is 6.36. The summed E-state index contributed by atoms with van der Waals surface area (Å²) in [7, 11) is 2.14. The largest absolute Gasteiger partial charge is 0.455 e. The summed E-state index contributed by atoms with van der Waals surface area (Å²) in [6.45, 7) is 3.95. The first kappa shape index (κ1) is 19.8. The molecule has 1 fully saturated rings. The van der Waals surface area contributed by atoms with E-state index in [1.54, 1.807) is 36.7 Å². The van der Waals surface area contributed by atoms with Gasteiger partial charge < -0.3 is 19.5 Å². The number of nitrogens with one attached hydrogen (secondary N) is 1. The summed E-state index contributed by atoms with van der Waals surface area (Å²) in [5.41, 5.74) is 2.70. The molecule has 2 aromatic heterocycles. The van der Waals surface area contributed by atoms with E-state index in [0.29, 0.717) is 27.8 Å². The number of hydrogen-bond donors (Lipinski definition) is 1.